The lowest BCUT2D eigenvalue weighted by molar-refractivity contribution is -0.142. The molecule has 11 heteroatoms. The van der Waals surface area contributed by atoms with Gasteiger partial charge in [0.2, 0.25) is 15.9 Å². The molecule has 2 heterocycles. The van der Waals surface area contributed by atoms with Gasteiger partial charge in [-0.15, -0.1) is 0 Å². The number of aromatic nitrogens is 1. The highest BCUT2D eigenvalue weighted by Crippen LogP contribution is 2.21. The van der Waals surface area contributed by atoms with Crippen LogP contribution >= 0.6 is 0 Å². The third-order valence-corrected chi connectivity index (χ3v) is 9.36. The average Bonchev–Trinajstić information content (AvgIpc) is 3.09. The first kappa shape index (κ1) is 31.8. The van der Waals surface area contributed by atoms with Gasteiger partial charge in [0.15, 0.2) is 6.61 Å². The molecule has 1 aromatic heterocycles. The standard InChI is InChI=1S/C34H36N4O6S/c39-33(26-44-30-13-15-31(16-14-30)45(41,42)37-18-20-43-21-19-37)38(25-28-10-5-2-6-11-28)32(22-27-8-3-1-4-9-27)34(40)36-24-29-12-7-17-35-23-29/h1-17,23,32H,18-22,24-26H2,(H,36,40)/t32-/m0/s1. The van der Waals surface area contributed by atoms with Crippen molar-refractivity contribution in [1.82, 2.24) is 19.5 Å². The molecule has 5 rings (SSSR count). The minimum absolute atomic E-state index is 0.141. The Hall–Kier alpha value is -4.58. The fourth-order valence-electron chi connectivity index (χ4n) is 5.02. The van der Waals surface area contributed by atoms with Crippen LogP contribution in [0.25, 0.3) is 0 Å². The molecule has 0 radical (unpaired) electrons. The van der Waals surface area contributed by atoms with Gasteiger partial charge in [0, 0.05) is 45.0 Å². The van der Waals surface area contributed by atoms with Crippen molar-refractivity contribution in [3.05, 3.63) is 126 Å². The van der Waals surface area contributed by atoms with Crippen molar-refractivity contribution in [3.8, 4) is 5.75 Å². The highest BCUT2D eigenvalue weighted by atomic mass is 32.2. The molecule has 0 bridgehead atoms. The molecule has 2 amide bonds. The van der Waals surface area contributed by atoms with Crippen molar-refractivity contribution in [2.75, 3.05) is 32.9 Å². The summed E-state index contributed by atoms with van der Waals surface area (Å²) < 4.78 is 38.5. The van der Waals surface area contributed by atoms with Gasteiger partial charge in [-0.3, -0.25) is 14.6 Å². The van der Waals surface area contributed by atoms with E-state index in [1.165, 1.54) is 33.5 Å². The first-order chi connectivity index (χ1) is 21.9. The normalized spacial score (nSPS) is 14.3. The van der Waals surface area contributed by atoms with Crippen LogP contribution in [0.4, 0.5) is 0 Å². The van der Waals surface area contributed by atoms with Crippen LogP contribution in [0.1, 0.15) is 16.7 Å². The number of morpholine rings is 1. The summed E-state index contributed by atoms with van der Waals surface area (Å²) >= 11 is 0. The number of benzene rings is 3. The molecular weight excluding hydrogens is 592 g/mol. The van der Waals surface area contributed by atoms with E-state index >= 15 is 0 Å². The maximum atomic E-state index is 13.9. The van der Waals surface area contributed by atoms with Crippen LogP contribution in [0, 0.1) is 0 Å². The Bertz CT molecular complexity index is 1630. The van der Waals surface area contributed by atoms with Gasteiger partial charge < -0.3 is 19.7 Å². The van der Waals surface area contributed by atoms with Crippen molar-refractivity contribution in [2.24, 2.45) is 0 Å². The Labute approximate surface area is 263 Å². The maximum absolute atomic E-state index is 13.9. The van der Waals surface area contributed by atoms with Crippen LogP contribution in [0.3, 0.4) is 0 Å². The summed E-state index contributed by atoms with van der Waals surface area (Å²) in [6.07, 6.45) is 3.65. The second-order valence-corrected chi connectivity index (χ2v) is 12.5. The fraction of sp³-hybridized carbons (Fsp3) is 0.265. The second kappa shape index (κ2) is 15.4. The Balaban J connectivity index is 1.34. The summed E-state index contributed by atoms with van der Waals surface area (Å²) in [6.45, 7) is 1.42. The van der Waals surface area contributed by atoms with E-state index in [0.29, 0.717) is 38.5 Å². The van der Waals surface area contributed by atoms with Gasteiger partial charge in [0.05, 0.1) is 18.1 Å². The number of ether oxygens (including phenoxy) is 2. The summed E-state index contributed by atoms with van der Waals surface area (Å²) in [5.74, 6) is -0.351. The van der Waals surface area contributed by atoms with Gasteiger partial charge >= 0.3 is 0 Å². The molecule has 45 heavy (non-hydrogen) atoms. The van der Waals surface area contributed by atoms with E-state index in [4.69, 9.17) is 9.47 Å². The fourth-order valence-corrected chi connectivity index (χ4v) is 6.42. The van der Waals surface area contributed by atoms with Crippen molar-refractivity contribution >= 4 is 21.8 Å². The lowest BCUT2D eigenvalue weighted by Crippen LogP contribution is -2.51. The summed E-state index contributed by atoms with van der Waals surface area (Å²) in [5, 5.41) is 2.98. The van der Waals surface area contributed by atoms with E-state index < -0.39 is 16.1 Å². The van der Waals surface area contributed by atoms with Crippen molar-refractivity contribution < 1.29 is 27.5 Å². The van der Waals surface area contributed by atoms with E-state index in [2.05, 4.69) is 10.3 Å². The van der Waals surface area contributed by atoms with Gasteiger partial charge in [-0.05, 0) is 47.0 Å². The number of hydrogen-bond acceptors (Lipinski definition) is 7. The number of amides is 2. The molecule has 0 spiro atoms. The number of pyridine rings is 1. The van der Waals surface area contributed by atoms with Crippen LogP contribution in [-0.4, -0.2) is 73.4 Å². The van der Waals surface area contributed by atoms with Crippen LogP contribution in [0.5, 0.6) is 5.75 Å². The minimum atomic E-state index is -3.66. The molecule has 0 aliphatic carbocycles. The first-order valence-corrected chi connectivity index (χ1v) is 16.2. The molecule has 1 aliphatic heterocycles. The topological polar surface area (TPSA) is 118 Å². The molecule has 1 fully saturated rings. The Morgan fingerprint density at radius 1 is 0.867 bits per heavy atom. The van der Waals surface area contributed by atoms with Crippen LogP contribution in [0.2, 0.25) is 0 Å². The summed E-state index contributed by atoms with van der Waals surface area (Å²) in [6, 6.07) is 27.9. The van der Waals surface area contributed by atoms with Crippen LogP contribution < -0.4 is 10.1 Å². The number of nitrogens with zero attached hydrogens (tertiary/aromatic N) is 3. The zero-order valence-corrected chi connectivity index (χ0v) is 25.6. The van der Waals surface area contributed by atoms with E-state index in [-0.39, 0.29) is 36.4 Å². The van der Waals surface area contributed by atoms with Gasteiger partial charge in [-0.1, -0.05) is 66.7 Å². The Morgan fingerprint density at radius 2 is 1.51 bits per heavy atom. The number of carbonyl (C=O) groups is 2. The highest BCUT2D eigenvalue weighted by molar-refractivity contribution is 7.89. The van der Waals surface area contributed by atoms with E-state index in [0.717, 1.165) is 16.7 Å². The average molecular weight is 629 g/mol. The van der Waals surface area contributed by atoms with E-state index in [1.807, 2.05) is 66.7 Å². The monoisotopic (exact) mass is 628 g/mol. The van der Waals surface area contributed by atoms with E-state index in [1.54, 1.807) is 18.5 Å². The molecular formula is C34H36N4O6S. The van der Waals surface area contributed by atoms with Gasteiger partial charge in [-0.2, -0.15) is 4.31 Å². The third kappa shape index (κ3) is 8.75. The largest absolute Gasteiger partial charge is 0.484 e. The molecule has 3 aromatic carbocycles. The van der Waals surface area contributed by atoms with Gasteiger partial charge in [0.25, 0.3) is 5.91 Å². The summed E-state index contributed by atoms with van der Waals surface area (Å²) in [5.41, 5.74) is 2.61. The van der Waals surface area contributed by atoms with Crippen molar-refractivity contribution in [2.45, 2.75) is 30.4 Å². The Kier molecular flexibility index (Phi) is 10.9. The second-order valence-electron chi connectivity index (χ2n) is 10.6. The molecule has 234 valence electrons. The molecule has 0 saturated carbocycles. The molecule has 1 saturated heterocycles. The zero-order valence-electron chi connectivity index (χ0n) is 24.8. The lowest BCUT2D eigenvalue weighted by Gasteiger charge is -2.31. The van der Waals surface area contributed by atoms with Crippen LogP contribution in [-0.2, 0) is 43.9 Å². The lowest BCUT2D eigenvalue weighted by atomic mass is 10.0. The molecule has 0 unspecified atom stereocenters. The van der Waals surface area contributed by atoms with Crippen LogP contribution in [0.15, 0.2) is 114 Å². The number of rotatable bonds is 13. The molecule has 1 aliphatic rings. The molecule has 10 nitrogen and oxygen atoms in total. The van der Waals surface area contributed by atoms with Gasteiger partial charge in [-0.25, -0.2) is 8.42 Å². The predicted molar refractivity (Wildman–Crippen MR) is 169 cm³/mol. The smallest absolute Gasteiger partial charge is 0.261 e. The molecule has 1 N–H and O–H groups in total. The quantitative estimate of drug-likeness (QED) is 0.241. The zero-order chi connectivity index (χ0) is 31.5. The number of sulfonamides is 1. The van der Waals surface area contributed by atoms with E-state index in [9.17, 15) is 18.0 Å². The minimum Gasteiger partial charge on any atom is -0.484 e. The Morgan fingerprint density at radius 3 is 2.16 bits per heavy atom. The summed E-state index contributed by atoms with van der Waals surface area (Å²) in [7, 11) is -3.66. The number of hydrogen-bond donors (Lipinski definition) is 1. The molecule has 4 aromatic rings. The summed E-state index contributed by atoms with van der Waals surface area (Å²) in [4.78, 5) is 33.4. The third-order valence-electron chi connectivity index (χ3n) is 7.45. The predicted octanol–water partition coefficient (Wildman–Crippen LogP) is 3.44. The van der Waals surface area contributed by atoms with Gasteiger partial charge in [0.1, 0.15) is 11.8 Å². The van der Waals surface area contributed by atoms with Crippen molar-refractivity contribution in [3.63, 3.8) is 0 Å². The van der Waals surface area contributed by atoms with Crippen molar-refractivity contribution in [1.29, 1.82) is 0 Å². The highest BCUT2D eigenvalue weighted by Gasteiger charge is 2.31. The molecule has 1 atom stereocenters. The number of carbonyl (C=O) groups excluding carboxylic acids is 2. The maximum Gasteiger partial charge on any atom is 0.261 e. The SMILES string of the molecule is O=C(NCc1cccnc1)[C@H](Cc1ccccc1)N(Cc1ccccc1)C(=O)COc1ccc(S(=O)(=O)N2CCOCC2)cc1. The first-order valence-electron chi connectivity index (χ1n) is 14.7. The number of nitrogens with one attached hydrogen (secondary N) is 1.